The maximum absolute atomic E-state index is 6.09. The first-order valence-corrected chi connectivity index (χ1v) is 9.02. The summed E-state index contributed by atoms with van der Waals surface area (Å²) in [6.07, 6.45) is 2.81. The number of aliphatic imine (C=N–C) groups is 1. The molecule has 1 aromatic carbocycles. The molecule has 1 unspecified atom stereocenters. The number of aryl methyl sites for hydroxylation is 1. The van der Waals surface area contributed by atoms with E-state index in [1.54, 1.807) is 11.3 Å². The zero-order valence-corrected chi connectivity index (χ0v) is 15.2. The molecule has 122 valence electrons. The SMILES string of the molecule is CCN(C)C=Nc1cc2c(cc1C)C(c1ccc(Cl)s1)OCC2. The standard InChI is InChI=1S/C18H21ClN2OS/c1-4-21(3)11-20-15-10-13-7-8-22-18(14(13)9-12(15)2)16-5-6-17(19)23-16/h5-6,9-11,18H,4,7-8H2,1-3H3. The molecule has 0 saturated heterocycles. The minimum Gasteiger partial charge on any atom is -0.368 e. The lowest BCUT2D eigenvalue weighted by Gasteiger charge is -2.26. The van der Waals surface area contributed by atoms with E-state index in [4.69, 9.17) is 16.3 Å². The summed E-state index contributed by atoms with van der Waals surface area (Å²) >= 11 is 7.68. The highest BCUT2D eigenvalue weighted by atomic mass is 35.5. The number of fused-ring (bicyclic) bond motifs is 1. The Morgan fingerprint density at radius 3 is 2.96 bits per heavy atom. The summed E-state index contributed by atoms with van der Waals surface area (Å²) in [5.74, 6) is 0. The predicted molar refractivity (Wildman–Crippen MR) is 98.5 cm³/mol. The van der Waals surface area contributed by atoms with Crippen molar-refractivity contribution in [1.82, 2.24) is 4.90 Å². The molecule has 1 aliphatic rings. The van der Waals surface area contributed by atoms with Gasteiger partial charge >= 0.3 is 0 Å². The summed E-state index contributed by atoms with van der Waals surface area (Å²) in [5.41, 5.74) is 4.77. The summed E-state index contributed by atoms with van der Waals surface area (Å²) in [6.45, 7) is 5.89. The lowest BCUT2D eigenvalue weighted by Crippen LogP contribution is -2.17. The van der Waals surface area contributed by atoms with Crippen molar-refractivity contribution in [2.24, 2.45) is 4.99 Å². The zero-order chi connectivity index (χ0) is 16.4. The molecule has 0 radical (unpaired) electrons. The van der Waals surface area contributed by atoms with E-state index in [0.717, 1.165) is 34.5 Å². The normalized spacial score (nSPS) is 17.5. The minimum absolute atomic E-state index is 0.00806. The van der Waals surface area contributed by atoms with Crippen LogP contribution < -0.4 is 0 Å². The Morgan fingerprint density at radius 2 is 2.26 bits per heavy atom. The van der Waals surface area contributed by atoms with Crippen LogP contribution in [0.15, 0.2) is 29.3 Å². The average Bonchev–Trinajstić information content (AvgIpc) is 2.98. The second-order valence-electron chi connectivity index (χ2n) is 5.80. The van der Waals surface area contributed by atoms with Gasteiger partial charge in [0, 0.05) is 18.5 Å². The third kappa shape index (κ3) is 3.60. The van der Waals surface area contributed by atoms with Gasteiger partial charge in [-0.25, -0.2) is 4.99 Å². The monoisotopic (exact) mass is 348 g/mol. The summed E-state index contributed by atoms with van der Waals surface area (Å²) in [7, 11) is 2.03. The third-order valence-electron chi connectivity index (χ3n) is 4.14. The number of hydrogen-bond acceptors (Lipinski definition) is 3. The fourth-order valence-electron chi connectivity index (χ4n) is 2.69. The maximum Gasteiger partial charge on any atom is 0.117 e. The molecule has 1 aliphatic heterocycles. The van der Waals surface area contributed by atoms with Crippen LogP contribution in [0.4, 0.5) is 5.69 Å². The molecule has 0 spiro atoms. The van der Waals surface area contributed by atoms with Crippen LogP contribution in [0.5, 0.6) is 0 Å². The average molecular weight is 349 g/mol. The highest BCUT2D eigenvalue weighted by molar-refractivity contribution is 7.16. The van der Waals surface area contributed by atoms with Crippen LogP contribution in [-0.4, -0.2) is 31.4 Å². The first-order chi connectivity index (χ1) is 11.1. The second-order valence-corrected chi connectivity index (χ2v) is 7.54. The van der Waals surface area contributed by atoms with E-state index in [1.165, 1.54) is 16.7 Å². The zero-order valence-electron chi connectivity index (χ0n) is 13.7. The third-order valence-corrected chi connectivity index (χ3v) is 5.42. The van der Waals surface area contributed by atoms with Gasteiger partial charge in [-0.3, -0.25) is 0 Å². The summed E-state index contributed by atoms with van der Waals surface area (Å²) < 4.78 is 6.82. The van der Waals surface area contributed by atoms with Crippen LogP contribution in [0, 0.1) is 6.92 Å². The molecule has 3 rings (SSSR count). The molecule has 5 heteroatoms. The van der Waals surface area contributed by atoms with E-state index in [1.807, 2.05) is 19.5 Å². The molecule has 2 aromatic rings. The molecule has 2 heterocycles. The largest absolute Gasteiger partial charge is 0.368 e. The maximum atomic E-state index is 6.09. The molecule has 0 aliphatic carbocycles. The molecule has 0 N–H and O–H groups in total. The van der Waals surface area contributed by atoms with Gasteiger partial charge in [0.2, 0.25) is 0 Å². The lowest BCUT2D eigenvalue weighted by molar-refractivity contribution is 0.0721. The van der Waals surface area contributed by atoms with Gasteiger partial charge in [0.15, 0.2) is 0 Å². The molecule has 1 atom stereocenters. The predicted octanol–water partition coefficient (Wildman–Crippen LogP) is 4.98. The van der Waals surface area contributed by atoms with Crippen molar-refractivity contribution in [2.75, 3.05) is 20.2 Å². The Morgan fingerprint density at radius 1 is 1.43 bits per heavy atom. The molecule has 0 fully saturated rings. The number of nitrogens with zero attached hydrogens (tertiary/aromatic N) is 2. The number of rotatable bonds is 4. The van der Waals surface area contributed by atoms with Gasteiger partial charge in [-0.05, 0) is 55.2 Å². The molecule has 1 aromatic heterocycles. The Hall–Kier alpha value is -1.36. The van der Waals surface area contributed by atoms with Crippen LogP contribution in [0.2, 0.25) is 4.34 Å². The Kier molecular flexibility index (Phi) is 5.05. The van der Waals surface area contributed by atoms with E-state index in [-0.39, 0.29) is 6.10 Å². The van der Waals surface area contributed by atoms with Crippen molar-refractivity contribution in [2.45, 2.75) is 26.4 Å². The van der Waals surface area contributed by atoms with E-state index in [2.05, 4.69) is 41.9 Å². The number of hydrogen-bond donors (Lipinski definition) is 0. The van der Waals surface area contributed by atoms with Gasteiger partial charge in [-0.2, -0.15) is 0 Å². The topological polar surface area (TPSA) is 24.8 Å². The van der Waals surface area contributed by atoms with Gasteiger partial charge in [-0.15, -0.1) is 11.3 Å². The van der Waals surface area contributed by atoms with Crippen LogP contribution in [0.25, 0.3) is 0 Å². The Balaban J connectivity index is 1.95. The first-order valence-electron chi connectivity index (χ1n) is 7.83. The first kappa shape index (κ1) is 16.5. The number of thiophene rings is 1. The van der Waals surface area contributed by atoms with Crippen molar-refractivity contribution in [1.29, 1.82) is 0 Å². The van der Waals surface area contributed by atoms with Crippen LogP contribution in [-0.2, 0) is 11.2 Å². The second kappa shape index (κ2) is 7.04. The quantitative estimate of drug-likeness (QED) is 0.574. The number of ether oxygens (including phenoxy) is 1. The molecule has 0 bridgehead atoms. The van der Waals surface area contributed by atoms with Crippen molar-refractivity contribution in [3.05, 3.63) is 50.2 Å². The smallest absolute Gasteiger partial charge is 0.117 e. The van der Waals surface area contributed by atoms with Crippen molar-refractivity contribution >= 4 is 35.0 Å². The molecular weight excluding hydrogens is 328 g/mol. The summed E-state index contributed by atoms with van der Waals surface area (Å²) in [5, 5.41) is 0. The fraction of sp³-hybridized carbons (Fsp3) is 0.389. The number of benzene rings is 1. The van der Waals surface area contributed by atoms with Crippen molar-refractivity contribution in [3.63, 3.8) is 0 Å². The van der Waals surface area contributed by atoms with Crippen LogP contribution in [0.3, 0.4) is 0 Å². The Bertz CT molecular complexity index is 726. The molecular formula is C18H21ClN2OS. The van der Waals surface area contributed by atoms with Crippen LogP contribution in [0.1, 0.15) is 34.6 Å². The summed E-state index contributed by atoms with van der Waals surface area (Å²) in [4.78, 5) is 7.86. The van der Waals surface area contributed by atoms with Gasteiger partial charge in [-0.1, -0.05) is 17.7 Å². The van der Waals surface area contributed by atoms with Gasteiger partial charge in [0.05, 0.1) is 23.0 Å². The summed E-state index contributed by atoms with van der Waals surface area (Å²) in [6, 6.07) is 8.41. The molecule has 23 heavy (non-hydrogen) atoms. The molecule has 0 amide bonds. The molecule has 3 nitrogen and oxygen atoms in total. The van der Waals surface area contributed by atoms with Gasteiger partial charge in [0.1, 0.15) is 6.10 Å². The van der Waals surface area contributed by atoms with Crippen molar-refractivity contribution < 1.29 is 4.74 Å². The van der Waals surface area contributed by atoms with Gasteiger partial charge in [0.25, 0.3) is 0 Å². The van der Waals surface area contributed by atoms with E-state index >= 15 is 0 Å². The highest BCUT2D eigenvalue weighted by Crippen LogP contribution is 2.39. The van der Waals surface area contributed by atoms with E-state index < -0.39 is 0 Å². The number of halogens is 1. The highest BCUT2D eigenvalue weighted by Gasteiger charge is 2.25. The molecule has 0 saturated carbocycles. The van der Waals surface area contributed by atoms with Crippen LogP contribution >= 0.6 is 22.9 Å². The van der Waals surface area contributed by atoms with E-state index in [0.29, 0.717) is 0 Å². The minimum atomic E-state index is -0.00806. The fourth-order valence-corrected chi connectivity index (χ4v) is 3.81. The van der Waals surface area contributed by atoms with Crippen molar-refractivity contribution in [3.8, 4) is 0 Å². The Labute approximate surface area is 146 Å². The van der Waals surface area contributed by atoms with Gasteiger partial charge < -0.3 is 9.64 Å². The van der Waals surface area contributed by atoms with E-state index in [9.17, 15) is 0 Å². The lowest BCUT2D eigenvalue weighted by atomic mass is 9.94.